The minimum absolute atomic E-state index is 0.326. The molecule has 6 rings (SSSR count). The van der Waals surface area contributed by atoms with E-state index >= 15 is 0 Å². The highest BCUT2D eigenvalue weighted by Gasteiger charge is 2.15. The number of fused-ring (bicyclic) bond motifs is 3. The molecule has 0 radical (unpaired) electrons. The van der Waals surface area contributed by atoms with Crippen LogP contribution in [0.3, 0.4) is 0 Å². The molecule has 0 unspecified atom stereocenters. The number of halogens is 1. The Morgan fingerprint density at radius 1 is 0.722 bits per heavy atom. The molecule has 36 heavy (non-hydrogen) atoms. The molecule has 0 spiro atoms. The molecular formula is C30H22FN3O2. The van der Waals surface area contributed by atoms with Crippen molar-refractivity contribution in [3.63, 3.8) is 0 Å². The van der Waals surface area contributed by atoms with Gasteiger partial charge < -0.3 is 9.47 Å². The zero-order valence-electron chi connectivity index (χ0n) is 19.8. The first-order valence-corrected chi connectivity index (χ1v) is 11.5. The van der Waals surface area contributed by atoms with Gasteiger partial charge in [-0.1, -0.05) is 30.3 Å². The minimum Gasteiger partial charge on any atom is -0.497 e. The molecule has 0 fully saturated rings. The summed E-state index contributed by atoms with van der Waals surface area (Å²) in [6.45, 7) is 2.05. The second kappa shape index (κ2) is 8.82. The third-order valence-electron chi connectivity index (χ3n) is 6.17. The van der Waals surface area contributed by atoms with Gasteiger partial charge in [0.2, 0.25) is 5.88 Å². The van der Waals surface area contributed by atoms with Crippen molar-refractivity contribution in [1.29, 1.82) is 0 Å². The monoisotopic (exact) mass is 475 g/mol. The number of aryl methyl sites for hydroxylation is 1. The largest absolute Gasteiger partial charge is 0.497 e. The van der Waals surface area contributed by atoms with E-state index in [9.17, 15) is 4.39 Å². The van der Waals surface area contributed by atoms with Crippen LogP contribution in [0, 0.1) is 12.7 Å². The van der Waals surface area contributed by atoms with Crippen molar-refractivity contribution in [2.75, 3.05) is 7.11 Å². The number of pyridine rings is 2. The van der Waals surface area contributed by atoms with Gasteiger partial charge in [-0.2, -0.15) is 0 Å². The molecule has 0 amide bonds. The first kappa shape index (κ1) is 21.8. The SMILES string of the molecule is COc1ccnc(Oc2cc(F)cc(-c3ccc4c5ccccc5n(-c5cc(C)ccn5)c4c3)c2)c1. The second-order valence-corrected chi connectivity index (χ2v) is 8.59. The van der Waals surface area contributed by atoms with E-state index in [2.05, 4.69) is 51.8 Å². The molecular weight excluding hydrogens is 453 g/mol. The molecule has 0 N–H and O–H groups in total. The number of nitrogens with zero attached hydrogens (tertiary/aromatic N) is 3. The Kier molecular flexibility index (Phi) is 5.34. The lowest BCUT2D eigenvalue weighted by Gasteiger charge is -2.10. The first-order valence-electron chi connectivity index (χ1n) is 11.5. The number of aromatic nitrogens is 3. The molecule has 5 nitrogen and oxygen atoms in total. The van der Waals surface area contributed by atoms with Crippen LogP contribution in [-0.4, -0.2) is 21.6 Å². The average molecular weight is 476 g/mol. The summed E-state index contributed by atoms with van der Waals surface area (Å²) in [5, 5.41) is 2.24. The van der Waals surface area contributed by atoms with Gasteiger partial charge >= 0.3 is 0 Å². The summed E-state index contributed by atoms with van der Waals surface area (Å²) < 4.78 is 27.9. The summed E-state index contributed by atoms with van der Waals surface area (Å²) >= 11 is 0. The van der Waals surface area contributed by atoms with E-state index in [-0.39, 0.29) is 0 Å². The van der Waals surface area contributed by atoms with Crippen LogP contribution in [0.2, 0.25) is 0 Å². The molecule has 0 aliphatic carbocycles. The fraction of sp³-hybridized carbons (Fsp3) is 0.0667. The molecule has 6 heteroatoms. The van der Waals surface area contributed by atoms with Crippen LogP contribution >= 0.6 is 0 Å². The Morgan fingerprint density at radius 2 is 1.56 bits per heavy atom. The van der Waals surface area contributed by atoms with Gasteiger partial charge in [0.15, 0.2) is 0 Å². The Bertz CT molecular complexity index is 1740. The van der Waals surface area contributed by atoms with Crippen molar-refractivity contribution >= 4 is 21.8 Å². The number of para-hydroxylation sites is 1. The highest BCUT2D eigenvalue weighted by Crippen LogP contribution is 2.36. The van der Waals surface area contributed by atoms with E-state index in [1.807, 2.05) is 36.5 Å². The molecule has 3 aromatic carbocycles. The van der Waals surface area contributed by atoms with Crippen molar-refractivity contribution in [3.8, 4) is 34.3 Å². The van der Waals surface area contributed by atoms with Gasteiger partial charge in [0, 0.05) is 35.3 Å². The third kappa shape index (κ3) is 3.92. The van der Waals surface area contributed by atoms with E-state index in [0.717, 1.165) is 38.8 Å². The van der Waals surface area contributed by atoms with Crippen molar-refractivity contribution in [1.82, 2.24) is 14.5 Å². The summed E-state index contributed by atoms with van der Waals surface area (Å²) in [5.74, 6) is 1.73. The number of methoxy groups -OCH3 is 1. The highest BCUT2D eigenvalue weighted by molar-refractivity contribution is 6.10. The Labute approximate surface area is 207 Å². The number of benzene rings is 3. The van der Waals surface area contributed by atoms with E-state index in [4.69, 9.17) is 9.47 Å². The zero-order chi connectivity index (χ0) is 24.6. The smallest absolute Gasteiger partial charge is 0.222 e. The summed E-state index contributed by atoms with van der Waals surface area (Å²) in [6.07, 6.45) is 3.40. The zero-order valence-corrected chi connectivity index (χ0v) is 19.8. The molecule has 3 aromatic heterocycles. The van der Waals surface area contributed by atoms with Crippen LogP contribution in [0.5, 0.6) is 17.4 Å². The predicted octanol–water partition coefficient (Wildman–Crippen LogP) is 7.49. The minimum atomic E-state index is -0.397. The molecule has 176 valence electrons. The number of hydrogen-bond acceptors (Lipinski definition) is 4. The van der Waals surface area contributed by atoms with Crippen LogP contribution < -0.4 is 9.47 Å². The lowest BCUT2D eigenvalue weighted by atomic mass is 10.0. The normalized spacial score (nSPS) is 11.2. The van der Waals surface area contributed by atoms with E-state index in [0.29, 0.717) is 22.9 Å². The lowest BCUT2D eigenvalue weighted by molar-refractivity contribution is 0.404. The lowest BCUT2D eigenvalue weighted by Crippen LogP contribution is -1.97. The van der Waals surface area contributed by atoms with Gasteiger partial charge in [-0.05, 0) is 66.1 Å². The molecule has 3 heterocycles. The molecule has 0 atom stereocenters. The summed E-state index contributed by atoms with van der Waals surface area (Å²) in [7, 11) is 1.57. The first-order chi connectivity index (χ1) is 17.6. The number of ether oxygens (including phenoxy) is 2. The summed E-state index contributed by atoms with van der Waals surface area (Å²) in [5.41, 5.74) is 4.74. The molecule has 6 aromatic rings. The quantitative estimate of drug-likeness (QED) is 0.259. The van der Waals surface area contributed by atoms with Crippen LogP contribution in [0.15, 0.2) is 97.3 Å². The molecule has 0 aliphatic rings. The van der Waals surface area contributed by atoms with Crippen molar-refractivity contribution in [3.05, 3.63) is 109 Å². The second-order valence-electron chi connectivity index (χ2n) is 8.59. The van der Waals surface area contributed by atoms with Crippen molar-refractivity contribution < 1.29 is 13.9 Å². The highest BCUT2D eigenvalue weighted by atomic mass is 19.1. The predicted molar refractivity (Wildman–Crippen MR) is 140 cm³/mol. The average Bonchev–Trinajstić information content (AvgIpc) is 3.22. The van der Waals surface area contributed by atoms with Crippen LogP contribution in [0.4, 0.5) is 4.39 Å². The maximum Gasteiger partial charge on any atom is 0.222 e. The van der Waals surface area contributed by atoms with Crippen molar-refractivity contribution in [2.45, 2.75) is 6.92 Å². The summed E-state index contributed by atoms with van der Waals surface area (Å²) in [4.78, 5) is 8.84. The van der Waals surface area contributed by atoms with Crippen LogP contribution in [0.1, 0.15) is 5.56 Å². The fourth-order valence-electron chi connectivity index (χ4n) is 4.52. The summed E-state index contributed by atoms with van der Waals surface area (Å²) in [6, 6.07) is 26.5. The molecule has 0 saturated heterocycles. The van der Waals surface area contributed by atoms with E-state index in [1.165, 1.54) is 12.1 Å². The standard InChI is InChI=1S/C30H22FN3O2/c1-19-9-11-32-29(13-19)34-27-6-4-3-5-25(27)26-8-7-20(16-28(26)34)21-14-22(31)17-24(15-21)36-30-18-23(35-2)10-12-33-30/h3-18H,1-2H3. The van der Waals surface area contributed by atoms with Gasteiger partial charge in [-0.25, -0.2) is 14.4 Å². The Morgan fingerprint density at radius 3 is 2.42 bits per heavy atom. The van der Waals surface area contributed by atoms with Gasteiger partial charge in [0.1, 0.15) is 23.1 Å². The Hall–Kier alpha value is -4.71. The number of rotatable bonds is 5. The maximum atomic E-state index is 14.7. The van der Waals surface area contributed by atoms with Crippen molar-refractivity contribution in [2.24, 2.45) is 0 Å². The van der Waals surface area contributed by atoms with Crippen LogP contribution in [0.25, 0.3) is 38.8 Å². The molecule has 0 bridgehead atoms. The van der Waals surface area contributed by atoms with Gasteiger partial charge in [-0.3, -0.25) is 4.57 Å². The van der Waals surface area contributed by atoms with Crippen LogP contribution in [-0.2, 0) is 0 Å². The van der Waals surface area contributed by atoms with Gasteiger partial charge in [0.05, 0.1) is 18.1 Å². The van der Waals surface area contributed by atoms with Gasteiger partial charge in [0.25, 0.3) is 0 Å². The molecule has 0 saturated carbocycles. The fourth-order valence-corrected chi connectivity index (χ4v) is 4.52. The van der Waals surface area contributed by atoms with E-state index in [1.54, 1.807) is 25.4 Å². The van der Waals surface area contributed by atoms with E-state index < -0.39 is 5.82 Å². The Balaban J connectivity index is 1.49. The number of hydrogen-bond donors (Lipinski definition) is 0. The maximum absolute atomic E-state index is 14.7. The topological polar surface area (TPSA) is 49.2 Å². The van der Waals surface area contributed by atoms with Gasteiger partial charge in [-0.15, -0.1) is 0 Å². The third-order valence-corrected chi connectivity index (χ3v) is 6.17. The molecule has 0 aliphatic heterocycles.